The molecule has 0 amide bonds. The average molecular weight is 305 g/mol. The topological polar surface area (TPSA) is 37.3 Å². The van der Waals surface area contributed by atoms with Crippen LogP contribution in [0.5, 0.6) is 0 Å². The van der Waals surface area contributed by atoms with Gasteiger partial charge in [-0.1, -0.05) is 45.8 Å². The Balaban J connectivity index is 2.67. The molecule has 2 nitrogen and oxygen atoms in total. The van der Waals surface area contributed by atoms with Crippen LogP contribution in [0.15, 0.2) is 40.9 Å². The number of halogens is 1. The Morgan fingerprint density at radius 2 is 1.72 bits per heavy atom. The first-order chi connectivity index (χ1) is 8.49. The van der Waals surface area contributed by atoms with Gasteiger partial charge in [0.05, 0.1) is 5.56 Å². The molecule has 0 heterocycles. The zero-order valence-corrected chi connectivity index (χ0v) is 11.8. The van der Waals surface area contributed by atoms with Gasteiger partial charge < -0.3 is 5.11 Å². The van der Waals surface area contributed by atoms with Crippen molar-refractivity contribution in [3.63, 3.8) is 0 Å². The van der Waals surface area contributed by atoms with E-state index < -0.39 is 5.97 Å². The molecule has 0 aromatic heterocycles. The molecule has 0 saturated carbocycles. The fourth-order valence-corrected chi connectivity index (χ4v) is 2.41. The van der Waals surface area contributed by atoms with Gasteiger partial charge in [-0.15, -0.1) is 0 Å². The summed E-state index contributed by atoms with van der Waals surface area (Å²) >= 11 is 3.30. The van der Waals surface area contributed by atoms with E-state index in [9.17, 15) is 9.90 Å². The molecular formula is C15H13BrO2. The zero-order valence-electron chi connectivity index (χ0n) is 10.2. The number of aryl methyl sites for hydroxylation is 2. The molecule has 1 N–H and O–H groups in total. The van der Waals surface area contributed by atoms with Gasteiger partial charge in [-0.3, -0.25) is 0 Å². The summed E-state index contributed by atoms with van der Waals surface area (Å²) < 4.78 is 0.772. The standard InChI is InChI=1S/C15H13BrO2/c1-9-3-5-12(10(2)7-9)13-6-4-11(16)8-14(13)15(17)18/h3-8H,1-2H3,(H,17,18). The minimum Gasteiger partial charge on any atom is -0.478 e. The molecule has 2 aromatic carbocycles. The molecule has 0 saturated heterocycles. The lowest BCUT2D eigenvalue weighted by atomic mass is 9.95. The lowest BCUT2D eigenvalue weighted by molar-refractivity contribution is 0.0697. The van der Waals surface area contributed by atoms with E-state index in [1.165, 1.54) is 5.56 Å². The lowest BCUT2D eigenvalue weighted by Crippen LogP contribution is -2.00. The highest BCUT2D eigenvalue weighted by Crippen LogP contribution is 2.29. The van der Waals surface area contributed by atoms with Crippen molar-refractivity contribution < 1.29 is 9.90 Å². The molecule has 3 heteroatoms. The van der Waals surface area contributed by atoms with Gasteiger partial charge in [0.1, 0.15) is 0 Å². The maximum Gasteiger partial charge on any atom is 0.336 e. The zero-order chi connectivity index (χ0) is 13.3. The summed E-state index contributed by atoms with van der Waals surface area (Å²) in [4.78, 5) is 11.3. The van der Waals surface area contributed by atoms with Crippen molar-refractivity contribution in [2.75, 3.05) is 0 Å². The monoisotopic (exact) mass is 304 g/mol. The summed E-state index contributed by atoms with van der Waals surface area (Å²) in [6, 6.07) is 11.4. The van der Waals surface area contributed by atoms with Gasteiger partial charge in [-0.05, 0) is 42.7 Å². The molecule has 0 aliphatic rings. The van der Waals surface area contributed by atoms with Gasteiger partial charge in [-0.2, -0.15) is 0 Å². The van der Waals surface area contributed by atoms with Crippen molar-refractivity contribution in [1.82, 2.24) is 0 Å². The largest absolute Gasteiger partial charge is 0.478 e. The highest BCUT2D eigenvalue weighted by Gasteiger charge is 2.13. The van der Waals surface area contributed by atoms with Crippen LogP contribution in [0.25, 0.3) is 11.1 Å². The summed E-state index contributed by atoms with van der Waals surface area (Å²) in [6.45, 7) is 4.02. The summed E-state index contributed by atoms with van der Waals surface area (Å²) in [5, 5.41) is 9.28. The Kier molecular flexibility index (Phi) is 3.53. The molecule has 2 aromatic rings. The van der Waals surface area contributed by atoms with Crippen LogP contribution in [0.2, 0.25) is 0 Å². The summed E-state index contributed by atoms with van der Waals surface area (Å²) in [5.41, 5.74) is 4.29. The molecular weight excluding hydrogens is 292 g/mol. The minimum absolute atomic E-state index is 0.316. The molecule has 0 spiro atoms. The Morgan fingerprint density at radius 1 is 1.06 bits per heavy atom. The fraction of sp³-hybridized carbons (Fsp3) is 0.133. The third-order valence-corrected chi connectivity index (χ3v) is 3.38. The number of carbonyl (C=O) groups is 1. The first-order valence-electron chi connectivity index (χ1n) is 5.59. The van der Waals surface area contributed by atoms with Crippen LogP contribution in [0, 0.1) is 13.8 Å². The van der Waals surface area contributed by atoms with E-state index in [2.05, 4.69) is 22.0 Å². The van der Waals surface area contributed by atoms with Crippen molar-refractivity contribution in [3.05, 3.63) is 57.6 Å². The molecule has 0 atom stereocenters. The second kappa shape index (κ2) is 4.94. The van der Waals surface area contributed by atoms with Crippen molar-refractivity contribution >= 4 is 21.9 Å². The number of benzene rings is 2. The van der Waals surface area contributed by atoms with Crippen LogP contribution in [0.3, 0.4) is 0 Å². The Bertz CT molecular complexity index is 618. The summed E-state index contributed by atoms with van der Waals surface area (Å²) in [6.07, 6.45) is 0. The number of carboxylic acids is 1. The molecule has 2 rings (SSSR count). The van der Waals surface area contributed by atoms with Crippen molar-refractivity contribution in [1.29, 1.82) is 0 Å². The maximum atomic E-state index is 11.3. The van der Waals surface area contributed by atoms with E-state index >= 15 is 0 Å². The van der Waals surface area contributed by atoms with E-state index in [4.69, 9.17) is 0 Å². The SMILES string of the molecule is Cc1ccc(-c2ccc(Br)cc2C(=O)O)c(C)c1. The van der Waals surface area contributed by atoms with E-state index in [0.29, 0.717) is 5.56 Å². The molecule has 0 aliphatic heterocycles. The highest BCUT2D eigenvalue weighted by molar-refractivity contribution is 9.10. The number of aromatic carboxylic acids is 1. The van der Waals surface area contributed by atoms with Crippen LogP contribution in [0.4, 0.5) is 0 Å². The van der Waals surface area contributed by atoms with Crippen molar-refractivity contribution in [2.45, 2.75) is 13.8 Å². The predicted octanol–water partition coefficient (Wildman–Crippen LogP) is 4.43. The van der Waals surface area contributed by atoms with Gasteiger partial charge in [0, 0.05) is 4.47 Å². The normalized spacial score (nSPS) is 10.4. The maximum absolute atomic E-state index is 11.3. The fourth-order valence-electron chi connectivity index (χ4n) is 2.04. The van der Waals surface area contributed by atoms with Crippen LogP contribution in [0.1, 0.15) is 21.5 Å². The summed E-state index contributed by atoms with van der Waals surface area (Å²) in [7, 11) is 0. The van der Waals surface area contributed by atoms with Gasteiger partial charge >= 0.3 is 5.97 Å². The number of hydrogen-bond donors (Lipinski definition) is 1. The second-order valence-electron chi connectivity index (χ2n) is 4.31. The van der Waals surface area contributed by atoms with Gasteiger partial charge in [0.25, 0.3) is 0 Å². The number of hydrogen-bond acceptors (Lipinski definition) is 1. The third kappa shape index (κ3) is 2.46. The number of carboxylic acid groups (broad SMARTS) is 1. The van der Waals surface area contributed by atoms with Gasteiger partial charge in [0.2, 0.25) is 0 Å². The van der Waals surface area contributed by atoms with Gasteiger partial charge in [-0.25, -0.2) is 4.79 Å². The first kappa shape index (κ1) is 12.8. The first-order valence-corrected chi connectivity index (χ1v) is 6.39. The van der Waals surface area contributed by atoms with E-state index in [1.54, 1.807) is 6.07 Å². The Labute approximate surface area is 114 Å². The Hall–Kier alpha value is -1.61. The average Bonchev–Trinajstić information content (AvgIpc) is 2.29. The molecule has 0 fully saturated rings. The quantitative estimate of drug-likeness (QED) is 0.891. The van der Waals surface area contributed by atoms with Crippen LogP contribution in [-0.4, -0.2) is 11.1 Å². The molecule has 0 bridgehead atoms. The molecule has 0 unspecified atom stereocenters. The van der Waals surface area contributed by atoms with E-state index in [0.717, 1.165) is 21.2 Å². The highest BCUT2D eigenvalue weighted by atomic mass is 79.9. The number of rotatable bonds is 2. The van der Waals surface area contributed by atoms with Gasteiger partial charge in [0.15, 0.2) is 0 Å². The van der Waals surface area contributed by atoms with E-state index in [1.807, 2.05) is 38.1 Å². The molecule has 0 radical (unpaired) electrons. The predicted molar refractivity (Wildman–Crippen MR) is 76.0 cm³/mol. The smallest absolute Gasteiger partial charge is 0.336 e. The summed E-state index contributed by atoms with van der Waals surface area (Å²) in [5.74, 6) is -0.911. The van der Waals surface area contributed by atoms with Crippen LogP contribution < -0.4 is 0 Å². The minimum atomic E-state index is -0.911. The second-order valence-corrected chi connectivity index (χ2v) is 5.23. The lowest BCUT2D eigenvalue weighted by Gasteiger charge is -2.10. The molecule has 0 aliphatic carbocycles. The van der Waals surface area contributed by atoms with Crippen LogP contribution in [-0.2, 0) is 0 Å². The van der Waals surface area contributed by atoms with E-state index in [-0.39, 0.29) is 0 Å². The third-order valence-electron chi connectivity index (χ3n) is 2.88. The van der Waals surface area contributed by atoms with Crippen molar-refractivity contribution in [2.24, 2.45) is 0 Å². The van der Waals surface area contributed by atoms with Crippen molar-refractivity contribution in [3.8, 4) is 11.1 Å². The molecule has 18 heavy (non-hydrogen) atoms. The van der Waals surface area contributed by atoms with Crippen LogP contribution >= 0.6 is 15.9 Å². The Morgan fingerprint density at radius 3 is 2.33 bits per heavy atom. The molecule has 92 valence electrons.